The van der Waals surface area contributed by atoms with Crippen LogP contribution < -0.4 is 16.7 Å². The van der Waals surface area contributed by atoms with Crippen LogP contribution in [-0.2, 0) is 0 Å². The number of nitrogens with one attached hydrogen (secondary N) is 2. The number of nitrogens with zero attached hydrogens (tertiary/aromatic N) is 3. The molecule has 1 aromatic rings. The molecule has 4 N–H and O–H groups in total. The van der Waals surface area contributed by atoms with Gasteiger partial charge in [-0.1, -0.05) is 6.42 Å². The average Bonchev–Trinajstić information content (AvgIpc) is 2.31. The fourth-order valence-electron chi connectivity index (χ4n) is 1.66. The van der Waals surface area contributed by atoms with Gasteiger partial charge in [0.2, 0.25) is 5.95 Å². The first-order chi connectivity index (χ1) is 7.38. The van der Waals surface area contributed by atoms with E-state index in [4.69, 9.17) is 5.84 Å². The molecular formula is C9H16N6. The molecule has 0 aromatic carbocycles. The molecule has 0 unspecified atom stereocenters. The van der Waals surface area contributed by atoms with Crippen LogP contribution in [0.2, 0.25) is 0 Å². The Labute approximate surface area is 88.8 Å². The average molecular weight is 208 g/mol. The summed E-state index contributed by atoms with van der Waals surface area (Å²) < 4.78 is 0. The molecule has 15 heavy (non-hydrogen) atoms. The molecule has 1 aliphatic heterocycles. The molecule has 0 aliphatic carbocycles. The molecule has 0 bridgehead atoms. The Hall–Kier alpha value is -1.40. The van der Waals surface area contributed by atoms with Crippen LogP contribution in [0, 0.1) is 0 Å². The minimum absolute atomic E-state index is 0.428. The second-order valence-corrected chi connectivity index (χ2v) is 3.57. The zero-order valence-corrected chi connectivity index (χ0v) is 8.61. The molecule has 0 radical (unpaired) electrons. The lowest BCUT2D eigenvalue weighted by atomic mass is 10.2. The minimum Gasteiger partial charge on any atom is -0.303 e. The smallest absolute Gasteiger partial charge is 0.239 e. The van der Waals surface area contributed by atoms with E-state index in [1.54, 1.807) is 6.20 Å². The number of nitrogens with two attached hydrogens (primary N) is 1. The van der Waals surface area contributed by atoms with Gasteiger partial charge in [0.25, 0.3) is 0 Å². The third kappa shape index (κ3) is 2.77. The number of rotatable bonds is 3. The van der Waals surface area contributed by atoms with Crippen molar-refractivity contribution in [2.75, 3.05) is 23.9 Å². The van der Waals surface area contributed by atoms with Crippen molar-refractivity contribution in [2.24, 2.45) is 5.84 Å². The zero-order valence-electron chi connectivity index (χ0n) is 8.61. The quantitative estimate of drug-likeness (QED) is 0.498. The Morgan fingerprint density at radius 3 is 2.80 bits per heavy atom. The molecule has 1 aromatic heterocycles. The second-order valence-electron chi connectivity index (χ2n) is 3.57. The van der Waals surface area contributed by atoms with Gasteiger partial charge in [-0.2, -0.15) is 4.98 Å². The van der Waals surface area contributed by atoms with E-state index in [9.17, 15) is 0 Å². The van der Waals surface area contributed by atoms with E-state index in [0.717, 1.165) is 18.9 Å². The molecule has 1 fully saturated rings. The van der Waals surface area contributed by atoms with E-state index in [1.165, 1.54) is 19.3 Å². The highest BCUT2D eigenvalue weighted by Gasteiger charge is 2.10. The van der Waals surface area contributed by atoms with E-state index in [-0.39, 0.29) is 0 Å². The largest absolute Gasteiger partial charge is 0.303 e. The Bertz CT molecular complexity index is 309. The van der Waals surface area contributed by atoms with Crippen molar-refractivity contribution < 1.29 is 0 Å². The lowest BCUT2D eigenvalue weighted by Gasteiger charge is -2.27. The molecule has 1 saturated heterocycles. The highest BCUT2D eigenvalue weighted by atomic mass is 15.5. The maximum absolute atomic E-state index is 5.24. The van der Waals surface area contributed by atoms with Gasteiger partial charge in [0, 0.05) is 25.4 Å². The normalized spacial score (nSPS) is 17.4. The third-order valence-corrected chi connectivity index (χ3v) is 2.41. The number of hydrogen-bond donors (Lipinski definition) is 3. The summed E-state index contributed by atoms with van der Waals surface area (Å²) in [6.45, 7) is 2.13. The molecule has 0 atom stereocenters. The molecule has 6 nitrogen and oxygen atoms in total. The van der Waals surface area contributed by atoms with Gasteiger partial charge in [0.1, 0.15) is 5.82 Å². The monoisotopic (exact) mass is 208 g/mol. The molecule has 6 heteroatoms. The van der Waals surface area contributed by atoms with E-state index in [1.807, 2.05) is 6.07 Å². The highest BCUT2D eigenvalue weighted by molar-refractivity contribution is 5.37. The number of hydrazine groups is 2. The van der Waals surface area contributed by atoms with Crippen LogP contribution >= 0.6 is 0 Å². The molecule has 0 saturated carbocycles. The van der Waals surface area contributed by atoms with Crippen LogP contribution in [0.15, 0.2) is 12.3 Å². The summed E-state index contributed by atoms with van der Waals surface area (Å²) in [5.41, 5.74) is 5.67. The van der Waals surface area contributed by atoms with Crippen LogP contribution in [0.1, 0.15) is 19.3 Å². The van der Waals surface area contributed by atoms with Crippen molar-refractivity contribution in [3.8, 4) is 0 Å². The number of anilines is 2. The summed E-state index contributed by atoms with van der Waals surface area (Å²) >= 11 is 0. The summed E-state index contributed by atoms with van der Waals surface area (Å²) in [7, 11) is 0. The topological polar surface area (TPSA) is 79.1 Å². The number of piperidine rings is 1. The maximum Gasteiger partial charge on any atom is 0.239 e. The zero-order chi connectivity index (χ0) is 10.5. The molecule has 2 heterocycles. The summed E-state index contributed by atoms with van der Waals surface area (Å²) in [5.74, 6) is 6.44. The molecule has 0 amide bonds. The van der Waals surface area contributed by atoms with Crippen molar-refractivity contribution in [2.45, 2.75) is 19.3 Å². The van der Waals surface area contributed by atoms with E-state index >= 15 is 0 Å². The van der Waals surface area contributed by atoms with Gasteiger partial charge in [-0.15, -0.1) is 0 Å². The number of aromatic nitrogens is 2. The highest BCUT2D eigenvalue weighted by Crippen LogP contribution is 2.11. The molecular weight excluding hydrogens is 192 g/mol. The van der Waals surface area contributed by atoms with E-state index < -0.39 is 0 Å². The van der Waals surface area contributed by atoms with Gasteiger partial charge in [-0.05, 0) is 12.8 Å². The first-order valence-electron chi connectivity index (χ1n) is 5.20. The van der Waals surface area contributed by atoms with Crippen molar-refractivity contribution >= 4 is 11.8 Å². The predicted octanol–water partition coefficient (Wildman–Crippen LogP) is 0.575. The van der Waals surface area contributed by atoms with Crippen molar-refractivity contribution in [1.82, 2.24) is 15.0 Å². The van der Waals surface area contributed by atoms with Crippen LogP contribution in [-0.4, -0.2) is 28.1 Å². The standard InChI is InChI=1S/C9H16N6/c10-13-9-11-5-4-8(12-9)14-15-6-2-1-3-7-15/h4-5H,1-3,6-7,10H2,(H2,11,12,13,14). The third-order valence-electron chi connectivity index (χ3n) is 2.41. The predicted molar refractivity (Wildman–Crippen MR) is 58.9 cm³/mol. The van der Waals surface area contributed by atoms with Gasteiger partial charge in [0.05, 0.1) is 0 Å². The Morgan fingerprint density at radius 1 is 1.27 bits per heavy atom. The lowest BCUT2D eigenvalue weighted by molar-refractivity contribution is 0.272. The number of nitrogen functional groups attached to an aromatic ring is 1. The Balaban J connectivity index is 1.96. The summed E-state index contributed by atoms with van der Waals surface area (Å²) in [6, 6.07) is 1.83. The van der Waals surface area contributed by atoms with Crippen LogP contribution in [0.5, 0.6) is 0 Å². The Kier molecular flexibility index (Phi) is 3.31. The minimum atomic E-state index is 0.428. The van der Waals surface area contributed by atoms with Crippen molar-refractivity contribution in [3.05, 3.63) is 12.3 Å². The van der Waals surface area contributed by atoms with Crippen LogP contribution in [0.3, 0.4) is 0 Å². The maximum atomic E-state index is 5.24. The lowest BCUT2D eigenvalue weighted by Crippen LogP contribution is -2.35. The Morgan fingerprint density at radius 2 is 2.07 bits per heavy atom. The molecule has 2 rings (SSSR count). The SMILES string of the molecule is NNc1nccc(NN2CCCCC2)n1. The van der Waals surface area contributed by atoms with Crippen molar-refractivity contribution in [1.29, 1.82) is 0 Å². The van der Waals surface area contributed by atoms with Crippen LogP contribution in [0.4, 0.5) is 11.8 Å². The second kappa shape index (κ2) is 4.90. The van der Waals surface area contributed by atoms with Gasteiger partial charge in [0.15, 0.2) is 0 Å². The first kappa shape index (κ1) is 10.1. The van der Waals surface area contributed by atoms with Crippen LogP contribution in [0.25, 0.3) is 0 Å². The summed E-state index contributed by atoms with van der Waals surface area (Å²) in [6.07, 6.45) is 5.46. The van der Waals surface area contributed by atoms with Crippen molar-refractivity contribution in [3.63, 3.8) is 0 Å². The van der Waals surface area contributed by atoms with Gasteiger partial charge < -0.3 is 5.43 Å². The fourth-order valence-corrected chi connectivity index (χ4v) is 1.66. The molecule has 1 aliphatic rings. The summed E-state index contributed by atoms with van der Waals surface area (Å²) in [4.78, 5) is 8.13. The van der Waals surface area contributed by atoms with E-state index in [0.29, 0.717) is 5.95 Å². The van der Waals surface area contributed by atoms with Gasteiger partial charge in [-0.25, -0.2) is 15.8 Å². The fraction of sp³-hybridized carbons (Fsp3) is 0.556. The van der Waals surface area contributed by atoms with E-state index in [2.05, 4.69) is 25.8 Å². The summed E-state index contributed by atoms with van der Waals surface area (Å²) in [5, 5.41) is 2.17. The number of hydrogen-bond acceptors (Lipinski definition) is 6. The first-order valence-corrected chi connectivity index (χ1v) is 5.20. The van der Waals surface area contributed by atoms with Gasteiger partial charge in [-0.3, -0.25) is 5.43 Å². The molecule has 0 spiro atoms. The molecule has 82 valence electrons. The van der Waals surface area contributed by atoms with Gasteiger partial charge >= 0.3 is 0 Å².